The highest BCUT2D eigenvalue weighted by molar-refractivity contribution is 6.04. The molecule has 0 atom stereocenters. The van der Waals surface area contributed by atoms with Gasteiger partial charge in [-0.25, -0.2) is 9.78 Å². The minimum Gasteiger partial charge on any atom is -0.466 e. The van der Waals surface area contributed by atoms with E-state index >= 15 is 0 Å². The molecule has 0 saturated heterocycles. The Hall–Kier alpha value is -3.94. The fraction of sp³-hybridized carbons (Fsp3) is 0.217. The Labute approximate surface area is 178 Å². The van der Waals surface area contributed by atoms with Crippen LogP contribution in [0, 0.1) is 20.8 Å². The molecular formula is C23H21N3O5. The number of carbonyl (C=O) groups is 2. The molecule has 0 spiro atoms. The van der Waals surface area contributed by atoms with Crippen LogP contribution >= 0.6 is 0 Å². The van der Waals surface area contributed by atoms with E-state index in [0.29, 0.717) is 29.1 Å². The van der Waals surface area contributed by atoms with Gasteiger partial charge in [-0.2, -0.15) is 0 Å². The van der Waals surface area contributed by atoms with Gasteiger partial charge < -0.3 is 19.0 Å². The van der Waals surface area contributed by atoms with Gasteiger partial charge in [-0.1, -0.05) is 35.5 Å². The predicted molar refractivity (Wildman–Crippen MR) is 112 cm³/mol. The van der Waals surface area contributed by atoms with E-state index in [1.807, 2.05) is 50.2 Å². The van der Waals surface area contributed by atoms with Gasteiger partial charge >= 0.3 is 5.97 Å². The lowest BCUT2D eigenvalue weighted by molar-refractivity contribution is -0.124. The van der Waals surface area contributed by atoms with Gasteiger partial charge in [0, 0.05) is 12.1 Å². The molecule has 4 rings (SSSR count). The third kappa shape index (κ3) is 4.32. The molecule has 1 aromatic carbocycles. The molecule has 0 saturated carbocycles. The van der Waals surface area contributed by atoms with Gasteiger partial charge in [0.05, 0.1) is 22.3 Å². The van der Waals surface area contributed by atoms with Crippen molar-refractivity contribution in [2.75, 3.05) is 6.61 Å². The van der Waals surface area contributed by atoms with Gasteiger partial charge in [0.2, 0.25) is 0 Å². The van der Waals surface area contributed by atoms with Crippen LogP contribution in [-0.4, -0.2) is 28.6 Å². The van der Waals surface area contributed by atoms with Gasteiger partial charge in [0.25, 0.3) is 11.6 Å². The van der Waals surface area contributed by atoms with Crippen LogP contribution in [0.25, 0.3) is 22.4 Å². The zero-order chi connectivity index (χ0) is 22.0. The summed E-state index contributed by atoms with van der Waals surface area (Å²) in [6.45, 7) is 5.30. The standard InChI is InChI=1S/C23H21N3O5/c1-13-9-17(15(3)30-13)19-10-18(21-14(2)26-31-22(21)25-19)23(28)29-12-20(27)24-11-16-7-5-4-6-8-16/h4-10H,11-12H2,1-3H3,(H,24,27). The van der Waals surface area contributed by atoms with Crippen molar-refractivity contribution in [1.29, 1.82) is 0 Å². The molecule has 8 nitrogen and oxygen atoms in total. The van der Waals surface area contributed by atoms with Gasteiger partial charge in [0.1, 0.15) is 11.5 Å². The average Bonchev–Trinajstić information content (AvgIpc) is 3.31. The van der Waals surface area contributed by atoms with Crippen LogP contribution in [0.3, 0.4) is 0 Å². The quantitative estimate of drug-likeness (QED) is 0.473. The number of pyridine rings is 1. The predicted octanol–water partition coefficient (Wildman–Crippen LogP) is 3.88. The van der Waals surface area contributed by atoms with E-state index < -0.39 is 18.5 Å². The number of esters is 1. The van der Waals surface area contributed by atoms with Crippen molar-refractivity contribution < 1.29 is 23.3 Å². The molecule has 1 N–H and O–H groups in total. The highest BCUT2D eigenvalue weighted by atomic mass is 16.5. The van der Waals surface area contributed by atoms with Gasteiger partial charge in [0.15, 0.2) is 6.61 Å². The SMILES string of the molecule is Cc1cc(-c2cc(C(=O)OCC(=O)NCc3ccccc3)c3c(C)noc3n2)c(C)o1. The monoisotopic (exact) mass is 419 g/mol. The van der Waals surface area contributed by atoms with E-state index in [1.54, 1.807) is 13.0 Å². The molecule has 4 aromatic rings. The van der Waals surface area contributed by atoms with Gasteiger partial charge in [-0.15, -0.1) is 0 Å². The molecule has 0 bridgehead atoms. The molecule has 3 heterocycles. The van der Waals surface area contributed by atoms with Crippen molar-refractivity contribution in [3.05, 3.63) is 70.8 Å². The molecule has 31 heavy (non-hydrogen) atoms. The van der Waals surface area contributed by atoms with Gasteiger partial charge in [-0.05, 0) is 38.5 Å². The number of aryl methyl sites for hydroxylation is 3. The second kappa shape index (κ2) is 8.43. The van der Waals surface area contributed by atoms with E-state index in [-0.39, 0.29) is 11.3 Å². The summed E-state index contributed by atoms with van der Waals surface area (Å²) in [5.74, 6) is 0.335. The maximum atomic E-state index is 12.8. The van der Waals surface area contributed by atoms with Crippen LogP contribution in [0.2, 0.25) is 0 Å². The first-order chi connectivity index (χ1) is 14.9. The summed E-state index contributed by atoms with van der Waals surface area (Å²) in [4.78, 5) is 29.4. The van der Waals surface area contributed by atoms with Crippen molar-refractivity contribution in [1.82, 2.24) is 15.5 Å². The van der Waals surface area contributed by atoms with Crippen molar-refractivity contribution >= 4 is 23.0 Å². The number of furan rings is 1. The Balaban J connectivity index is 1.53. The highest BCUT2D eigenvalue weighted by Crippen LogP contribution is 2.30. The summed E-state index contributed by atoms with van der Waals surface area (Å²) in [6, 6.07) is 12.9. The zero-order valence-corrected chi connectivity index (χ0v) is 17.4. The summed E-state index contributed by atoms with van der Waals surface area (Å²) < 4.78 is 16.1. The molecule has 0 fully saturated rings. The minimum absolute atomic E-state index is 0.216. The number of amides is 1. The number of hydrogen-bond donors (Lipinski definition) is 1. The summed E-state index contributed by atoms with van der Waals surface area (Å²) in [5.41, 5.74) is 3.14. The van der Waals surface area contributed by atoms with E-state index in [1.165, 1.54) is 0 Å². The van der Waals surface area contributed by atoms with Crippen molar-refractivity contribution in [2.45, 2.75) is 27.3 Å². The molecule has 0 aliphatic carbocycles. The van der Waals surface area contributed by atoms with Crippen molar-refractivity contribution in [2.24, 2.45) is 0 Å². The topological polar surface area (TPSA) is 107 Å². The summed E-state index contributed by atoms with van der Waals surface area (Å²) >= 11 is 0. The Kier molecular flexibility index (Phi) is 5.53. The smallest absolute Gasteiger partial charge is 0.339 e. The largest absolute Gasteiger partial charge is 0.466 e. The Morgan fingerprint density at radius 3 is 2.58 bits per heavy atom. The molecular weight excluding hydrogens is 398 g/mol. The lowest BCUT2D eigenvalue weighted by Crippen LogP contribution is -2.28. The third-order valence-corrected chi connectivity index (χ3v) is 4.82. The Morgan fingerprint density at radius 1 is 1.10 bits per heavy atom. The molecule has 0 aliphatic rings. The first-order valence-corrected chi connectivity index (χ1v) is 9.74. The maximum absolute atomic E-state index is 12.8. The van der Waals surface area contributed by atoms with Crippen LogP contribution in [-0.2, 0) is 16.1 Å². The fourth-order valence-electron chi connectivity index (χ4n) is 3.34. The molecule has 1 amide bonds. The first-order valence-electron chi connectivity index (χ1n) is 9.74. The van der Waals surface area contributed by atoms with Crippen LogP contribution in [0.15, 0.2) is 51.4 Å². The van der Waals surface area contributed by atoms with Crippen molar-refractivity contribution in [3.8, 4) is 11.3 Å². The number of ether oxygens (including phenoxy) is 1. The zero-order valence-electron chi connectivity index (χ0n) is 17.4. The molecule has 3 aromatic heterocycles. The summed E-state index contributed by atoms with van der Waals surface area (Å²) in [6.07, 6.45) is 0. The van der Waals surface area contributed by atoms with E-state index in [4.69, 9.17) is 13.7 Å². The average molecular weight is 419 g/mol. The first kappa shape index (κ1) is 20.3. The van der Waals surface area contributed by atoms with Crippen LogP contribution in [0.5, 0.6) is 0 Å². The van der Waals surface area contributed by atoms with Crippen LogP contribution < -0.4 is 5.32 Å². The van der Waals surface area contributed by atoms with Crippen LogP contribution in [0.4, 0.5) is 0 Å². The second-order valence-electron chi connectivity index (χ2n) is 7.17. The fourth-order valence-corrected chi connectivity index (χ4v) is 3.34. The lowest BCUT2D eigenvalue weighted by atomic mass is 10.1. The van der Waals surface area contributed by atoms with Gasteiger partial charge in [-0.3, -0.25) is 4.79 Å². The number of hydrogen-bond acceptors (Lipinski definition) is 7. The van der Waals surface area contributed by atoms with E-state index in [0.717, 1.165) is 16.9 Å². The van der Waals surface area contributed by atoms with E-state index in [2.05, 4.69) is 15.5 Å². The minimum atomic E-state index is -0.660. The number of nitrogens with one attached hydrogen (secondary N) is 1. The number of aromatic nitrogens is 2. The van der Waals surface area contributed by atoms with E-state index in [9.17, 15) is 9.59 Å². The normalized spacial score (nSPS) is 10.9. The molecule has 0 aliphatic heterocycles. The maximum Gasteiger partial charge on any atom is 0.339 e. The molecule has 8 heteroatoms. The molecule has 0 radical (unpaired) electrons. The number of carbonyl (C=O) groups excluding carboxylic acids is 2. The van der Waals surface area contributed by atoms with Crippen LogP contribution in [0.1, 0.15) is 33.1 Å². The number of nitrogens with zero attached hydrogens (tertiary/aromatic N) is 2. The third-order valence-electron chi connectivity index (χ3n) is 4.82. The number of rotatable bonds is 6. The Bertz CT molecular complexity index is 1260. The Morgan fingerprint density at radius 2 is 1.87 bits per heavy atom. The van der Waals surface area contributed by atoms with Crippen molar-refractivity contribution in [3.63, 3.8) is 0 Å². The number of fused-ring (bicyclic) bond motifs is 1. The highest BCUT2D eigenvalue weighted by Gasteiger charge is 2.22. The summed E-state index contributed by atoms with van der Waals surface area (Å²) in [5, 5.41) is 7.09. The summed E-state index contributed by atoms with van der Waals surface area (Å²) in [7, 11) is 0. The lowest BCUT2D eigenvalue weighted by Gasteiger charge is -2.08. The number of benzene rings is 1. The molecule has 0 unspecified atom stereocenters. The second-order valence-corrected chi connectivity index (χ2v) is 7.17. The molecule has 158 valence electrons.